The van der Waals surface area contributed by atoms with Crippen molar-refractivity contribution in [2.24, 2.45) is 47.2 Å². The molecule has 1 aromatic heterocycles. The number of ether oxygens (including phenoxy) is 7. The van der Waals surface area contributed by atoms with Crippen LogP contribution in [0.4, 0.5) is 15.3 Å². The normalized spacial score (nSPS) is 16.3. The molecule has 10 amide bonds. The van der Waals surface area contributed by atoms with Gasteiger partial charge in [-0.15, -0.1) is 11.3 Å². The minimum absolute atomic E-state index is 0.0396. The van der Waals surface area contributed by atoms with E-state index >= 15 is 0 Å². The van der Waals surface area contributed by atoms with Crippen molar-refractivity contribution in [1.29, 1.82) is 0 Å². The number of Topliss-reactive ketones (excluding diaryl/α,β-unsaturated/α-hetero) is 3. The summed E-state index contributed by atoms with van der Waals surface area (Å²) in [7, 11) is 6.27. The van der Waals surface area contributed by atoms with Gasteiger partial charge in [0.25, 0.3) is 11.8 Å². The molecule has 3 aromatic rings. The van der Waals surface area contributed by atoms with Gasteiger partial charge >= 0.3 is 12.1 Å². The maximum atomic E-state index is 15.0. The summed E-state index contributed by atoms with van der Waals surface area (Å²) in [6.45, 7) is 19.4. The number of rotatable bonds is 54. The minimum Gasteiger partial charge on any atom is -0.445 e. The number of hydrogen-bond donors (Lipinski definition) is 5. The molecule has 1 fully saturated rings. The third-order valence-electron chi connectivity index (χ3n) is 20.4. The number of carbonyl (C=O) groups excluding carboxylic acids is 12. The zero-order valence-electron chi connectivity index (χ0n) is 67.2. The molecule has 0 bridgehead atoms. The number of nitrogens with one attached hydrogen (secondary N) is 4. The molecule has 5 rings (SSSR count). The van der Waals surface area contributed by atoms with Crippen LogP contribution in [-0.4, -0.2) is 233 Å². The number of benzene rings is 2. The second-order valence-corrected chi connectivity index (χ2v) is 30.5. The van der Waals surface area contributed by atoms with E-state index in [0.29, 0.717) is 89.4 Å². The van der Waals surface area contributed by atoms with E-state index in [2.05, 4.69) is 26.3 Å². The topological polar surface area (TPSA) is 369 Å². The Morgan fingerprint density at radius 3 is 1.90 bits per heavy atom. The number of primary amides is 1. The van der Waals surface area contributed by atoms with Gasteiger partial charge in [0.05, 0.1) is 101 Å². The fraction of sp³-hybridized carbons (Fsp3) is 0.642. The second kappa shape index (κ2) is 49.2. The molecule has 2 aromatic carbocycles. The average Bonchev–Trinajstić information content (AvgIpc) is 1.44. The van der Waals surface area contributed by atoms with Crippen LogP contribution in [0.2, 0.25) is 0 Å². The van der Waals surface area contributed by atoms with Gasteiger partial charge in [-0.3, -0.25) is 52.8 Å². The summed E-state index contributed by atoms with van der Waals surface area (Å²) in [5.74, 6) is -6.70. The van der Waals surface area contributed by atoms with Gasteiger partial charge in [-0.25, -0.2) is 14.6 Å². The van der Waals surface area contributed by atoms with Crippen LogP contribution < -0.4 is 27.0 Å². The number of thiazole rings is 1. The van der Waals surface area contributed by atoms with E-state index in [1.54, 1.807) is 68.3 Å². The predicted octanol–water partition coefficient (Wildman–Crippen LogP) is 8.21. The Bertz CT molecular complexity index is 3450. The lowest BCUT2D eigenvalue weighted by Crippen LogP contribution is -2.54. The highest BCUT2D eigenvalue weighted by Crippen LogP contribution is 2.33. The first kappa shape index (κ1) is 93.2. The number of carbonyl (C=O) groups is 12. The smallest absolute Gasteiger partial charge is 0.410 e. The van der Waals surface area contributed by atoms with Crippen molar-refractivity contribution < 1.29 is 90.7 Å². The van der Waals surface area contributed by atoms with Crippen molar-refractivity contribution in [3.63, 3.8) is 0 Å². The van der Waals surface area contributed by atoms with Gasteiger partial charge in [-0.05, 0) is 85.5 Å². The number of amides is 10. The molecule has 3 heterocycles. The van der Waals surface area contributed by atoms with Crippen molar-refractivity contribution in [2.75, 3.05) is 106 Å². The summed E-state index contributed by atoms with van der Waals surface area (Å²) in [5, 5.41) is 14.1. The molecule has 0 unspecified atom stereocenters. The third-order valence-corrected chi connectivity index (χ3v) is 21.3. The first-order valence-corrected chi connectivity index (χ1v) is 39.8. The molecule has 2 aliphatic heterocycles. The monoisotopic (exact) mass is 1570 g/mol. The van der Waals surface area contributed by atoms with E-state index in [1.165, 1.54) is 42.5 Å². The van der Waals surface area contributed by atoms with Gasteiger partial charge in [0.2, 0.25) is 29.5 Å². The summed E-state index contributed by atoms with van der Waals surface area (Å²) < 4.78 is 40.2. The maximum Gasteiger partial charge on any atom is 0.410 e. The van der Waals surface area contributed by atoms with Crippen LogP contribution in [0.1, 0.15) is 162 Å². The molecule has 6 N–H and O–H groups in total. The first-order chi connectivity index (χ1) is 53.0. The van der Waals surface area contributed by atoms with E-state index < -0.39 is 89.9 Å². The molecule has 11 atom stereocenters. The first-order valence-electron chi connectivity index (χ1n) is 38.9. The lowest BCUT2D eigenvalue weighted by molar-refractivity contribution is -0.149. The van der Waals surface area contributed by atoms with Crippen molar-refractivity contribution in [1.82, 2.24) is 40.5 Å². The van der Waals surface area contributed by atoms with Crippen LogP contribution in [0.25, 0.3) is 0 Å². The minimum atomic E-state index is -0.975. The zero-order chi connectivity index (χ0) is 81.7. The van der Waals surface area contributed by atoms with Gasteiger partial charge in [0, 0.05) is 128 Å². The molecule has 0 spiro atoms. The van der Waals surface area contributed by atoms with Gasteiger partial charge in [0.15, 0.2) is 11.6 Å². The highest BCUT2D eigenvalue weighted by Gasteiger charge is 2.44. The van der Waals surface area contributed by atoms with Crippen LogP contribution in [-0.2, 0) is 94.1 Å². The van der Waals surface area contributed by atoms with E-state index in [0.717, 1.165) is 15.5 Å². The molecular formula is C81H122N10O19S. The van der Waals surface area contributed by atoms with Gasteiger partial charge in [0.1, 0.15) is 17.4 Å². The molecular weight excluding hydrogens is 1450 g/mol. The van der Waals surface area contributed by atoms with E-state index in [9.17, 15) is 57.5 Å². The summed E-state index contributed by atoms with van der Waals surface area (Å²) >= 11 is 1.47. The van der Waals surface area contributed by atoms with Crippen molar-refractivity contribution in [3.8, 4) is 0 Å². The molecule has 0 saturated carbocycles. The standard InChI is InChI=1S/C81H122N10O19S/c1-14-55(8)74(67(104-12)50-71(98)90-36-19-25-64(90)75(105-13)56(9)76(99)86-63(78-83-35-46-111-78)47-57-21-16-15-17-22-57)88(10)79(101)62(52(2)3)49-66(94)73(54(6)7)89(11)81(103)110-51-58-26-28-60(29-27-58)85-77(100)59(23-18-34-84-80(82)102)48-65(93)72(53(4)5)87-68(95)33-39-107-41-43-109-45-44-108-42-40-106-38-20-24-61(92)32-37-91-69(96)30-31-70(91)97/h15-17,21-22,26-31,35,46,52-56,59,62-64,67,72-75H,14,18-20,23-25,32-34,36-45,47-51H2,1-13H3,(H,85,100)(H,86,99)(H,87,95)(H3,82,84,102)/t55-,56+,59+,62-,63-,64-,67+,72-,73-,74-,75+/m0/s1. The Labute approximate surface area is 658 Å². The van der Waals surface area contributed by atoms with Gasteiger partial charge in [-0.1, -0.05) is 111 Å². The quantitative estimate of drug-likeness (QED) is 0.0262. The van der Waals surface area contributed by atoms with E-state index in [1.807, 2.05) is 84.2 Å². The van der Waals surface area contributed by atoms with Gasteiger partial charge in [-0.2, -0.15) is 0 Å². The number of aromatic nitrogens is 1. The third kappa shape index (κ3) is 30.9. The summed E-state index contributed by atoms with van der Waals surface area (Å²) in [6, 6.07) is 12.4. The lowest BCUT2D eigenvalue weighted by atomic mass is 9.83. The molecule has 1 saturated heterocycles. The Kier molecular flexibility index (Phi) is 41.3. The number of imide groups is 1. The largest absolute Gasteiger partial charge is 0.445 e. The molecule has 30 heteroatoms. The van der Waals surface area contributed by atoms with Crippen LogP contribution >= 0.6 is 11.3 Å². The summed E-state index contributed by atoms with van der Waals surface area (Å²) in [4.78, 5) is 170. The zero-order valence-corrected chi connectivity index (χ0v) is 68.1. The number of anilines is 1. The summed E-state index contributed by atoms with van der Waals surface area (Å²) in [5.41, 5.74) is 7.28. The van der Waals surface area contributed by atoms with E-state index in [-0.39, 0.29) is 149 Å². The molecule has 29 nitrogen and oxygen atoms in total. The molecule has 0 radical (unpaired) electrons. The highest BCUT2D eigenvalue weighted by molar-refractivity contribution is 7.09. The second-order valence-electron chi connectivity index (χ2n) is 29.6. The van der Waals surface area contributed by atoms with E-state index in [4.69, 9.17) is 38.9 Å². The molecule has 616 valence electrons. The van der Waals surface area contributed by atoms with Crippen molar-refractivity contribution in [2.45, 2.75) is 195 Å². The Balaban J connectivity index is 1.08. The Morgan fingerprint density at radius 1 is 0.685 bits per heavy atom. The Morgan fingerprint density at radius 2 is 1.32 bits per heavy atom. The predicted molar refractivity (Wildman–Crippen MR) is 418 cm³/mol. The lowest BCUT2D eigenvalue weighted by Gasteiger charge is -2.41. The number of likely N-dealkylation sites (N-methyl/N-ethyl adjacent to an activating group) is 2. The number of ketones is 3. The molecule has 111 heavy (non-hydrogen) atoms. The average molecular weight is 1570 g/mol. The van der Waals surface area contributed by atoms with Crippen LogP contribution in [0, 0.1) is 41.4 Å². The number of methoxy groups -OCH3 is 2. The van der Waals surface area contributed by atoms with Crippen molar-refractivity contribution >= 4 is 87.8 Å². The van der Waals surface area contributed by atoms with Gasteiger partial charge < -0.3 is 74.9 Å². The molecule has 0 aliphatic carbocycles. The fourth-order valence-corrected chi connectivity index (χ4v) is 14.7. The van der Waals surface area contributed by atoms with Crippen LogP contribution in [0.5, 0.6) is 0 Å². The maximum absolute atomic E-state index is 15.0. The summed E-state index contributed by atoms with van der Waals surface area (Å²) in [6.07, 6.45) is 5.32. The molecule has 2 aliphatic rings. The Hall–Kier alpha value is -8.39. The number of urea groups is 1. The number of nitrogens with zero attached hydrogens (tertiary/aromatic N) is 5. The number of likely N-dealkylation sites (tertiary alicyclic amines) is 1. The number of nitrogens with two attached hydrogens (primary N) is 1. The fourth-order valence-electron chi connectivity index (χ4n) is 14.0. The van der Waals surface area contributed by atoms with Crippen LogP contribution in [0.3, 0.4) is 0 Å². The number of hydrogen-bond acceptors (Lipinski definition) is 21. The highest BCUT2D eigenvalue weighted by atomic mass is 32.1. The van der Waals surface area contributed by atoms with Crippen molar-refractivity contribution in [3.05, 3.63) is 94.5 Å². The SMILES string of the molecule is CC[C@H](C)[C@@H]([C@@H](CC(=O)N1CCC[C@H]1[C@H](OC)[C@@H](C)C(=O)N[C@@H](Cc1ccccc1)c1nccs1)OC)N(C)C(=O)[C@@H](CC(=O)[C@H](C(C)C)N(C)C(=O)OCc1ccc(NC(=O)[C@H](CCCNC(N)=O)CC(=O)[C@@H](NC(=O)CCOCCOCCOCCOCCCC(=O)CCN2C(=O)C=CC2=O)C(C)C)cc1)C(C)C. The van der Waals surface area contributed by atoms with Crippen LogP contribution in [0.15, 0.2) is 78.3 Å².